The van der Waals surface area contributed by atoms with Crippen molar-refractivity contribution in [1.82, 2.24) is 19.5 Å². The Kier molecular flexibility index (Phi) is 4.26. The summed E-state index contributed by atoms with van der Waals surface area (Å²) in [6.07, 6.45) is 3.35. The van der Waals surface area contributed by atoms with Crippen LogP contribution in [0, 0.1) is 0 Å². The number of aromatic nitrogens is 4. The van der Waals surface area contributed by atoms with Gasteiger partial charge in [0.15, 0.2) is 10.3 Å². The molecule has 0 spiro atoms. The summed E-state index contributed by atoms with van der Waals surface area (Å²) >= 11 is 1.29. The molecule has 0 bridgehead atoms. The van der Waals surface area contributed by atoms with Crippen molar-refractivity contribution >= 4 is 22.7 Å². The van der Waals surface area contributed by atoms with Crippen molar-refractivity contribution in [3.63, 3.8) is 0 Å². The predicted molar refractivity (Wildman–Crippen MR) is 97.7 cm³/mol. The molecule has 0 saturated carbocycles. The highest BCUT2D eigenvalue weighted by atomic mass is 32.2. The first kappa shape index (κ1) is 15.5. The molecule has 2 heterocycles. The third-order valence-corrected chi connectivity index (χ3v) is 4.62. The topological polar surface area (TPSA) is 60.7 Å². The van der Waals surface area contributed by atoms with Gasteiger partial charge in [0.2, 0.25) is 0 Å². The molecular weight excluding hydrogens is 332 g/mol. The van der Waals surface area contributed by atoms with Crippen LogP contribution in [-0.2, 0) is 6.54 Å². The fourth-order valence-electron chi connectivity index (χ4n) is 2.55. The van der Waals surface area contributed by atoms with E-state index in [1.54, 1.807) is 29.1 Å². The van der Waals surface area contributed by atoms with Gasteiger partial charge in [-0.3, -0.25) is 9.36 Å². The molecule has 5 nitrogen and oxygen atoms in total. The lowest BCUT2D eigenvalue weighted by Crippen LogP contribution is -2.24. The van der Waals surface area contributed by atoms with Crippen LogP contribution in [0.4, 0.5) is 0 Å². The molecule has 6 heteroatoms. The van der Waals surface area contributed by atoms with Crippen LogP contribution in [0.1, 0.15) is 5.56 Å². The van der Waals surface area contributed by atoms with E-state index < -0.39 is 0 Å². The molecule has 0 unspecified atom stereocenters. The van der Waals surface area contributed by atoms with E-state index in [2.05, 4.69) is 15.0 Å². The van der Waals surface area contributed by atoms with E-state index in [1.165, 1.54) is 11.8 Å². The zero-order chi connectivity index (χ0) is 17.1. The number of fused-ring (bicyclic) bond motifs is 1. The van der Waals surface area contributed by atoms with Crippen molar-refractivity contribution in [1.29, 1.82) is 0 Å². The molecule has 4 rings (SSSR count). The van der Waals surface area contributed by atoms with Crippen molar-refractivity contribution < 1.29 is 0 Å². The quantitative estimate of drug-likeness (QED) is 0.530. The highest BCUT2D eigenvalue weighted by Gasteiger charge is 2.13. The average molecular weight is 346 g/mol. The smallest absolute Gasteiger partial charge is 0.262 e. The molecule has 0 fully saturated rings. The van der Waals surface area contributed by atoms with E-state index in [4.69, 9.17) is 0 Å². The Bertz CT molecular complexity index is 1060. The second-order valence-corrected chi connectivity index (χ2v) is 6.36. The number of rotatable bonds is 4. The Morgan fingerprint density at radius 2 is 1.60 bits per heavy atom. The maximum atomic E-state index is 13.0. The molecule has 4 aromatic rings. The van der Waals surface area contributed by atoms with Crippen LogP contribution in [-0.4, -0.2) is 19.5 Å². The Morgan fingerprint density at radius 3 is 2.40 bits per heavy atom. The van der Waals surface area contributed by atoms with Gasteiger partial charge in [0.25, 0.3) is 5.56 Å². The van der Waals surface area contributed by atoms with Crippen molar-refractivity contribution in [3.05, 3.63) is 89.0 Å². The van der Waals surface area contributed by atoms with Crippen LogP contribution in [0.3, 0.4) is 0 Å². The zero-order valence-electron chi connectivity index (χ0n) is 13.2. The van der Waals surface area contributed by atoms with Gasteiger partial charge in [-0.05, 0) is 35.5 Å². The number of para-hydroxylation sites is 1. The molecule has 2 aromatic heterocycles. The lowest BCUT2D eigenvalue weighted by molar-refractivity contribution is 0.656. The van der Waals surface area contributed by atoms with Gasteiger partial charge in [-0.15, -0.1) is 0 Å². The molecule has 0 N–H and O–H groups in total. The molecule has 0 saturated heterocycles. The molecule has 0 amide bonds. The summed E-state index contributed by atoms with van der Waals surface area (Å²) in [5, 5.41) is 1.75. The van der Waals surface area contributed by atoms with E-state index in [1.807, 2.05) is 48.5 Å². The summed E-state index contributed by atoms with van der Waals surface area (Å²) in [6.45, 7) is 0.451. The van der Waals surface area contributed by atoms with E-state index in [0.29, 0.717) is 27.8 Å². The minimum absolute atomic E-state index is 0.0621. The van der Waals surface area contributed by atoms with E-state index in [9.17, 15) is 4.79 Å². The molecule has 0 radical (unpaired) electrons. The number of hydrogen-bond donors (Lipinski definition) is 0. The fraction of sp³-hybridized carbons (Fsp3) is 0.0526. The van der Waals surface area contributed by atoms with Crippen LogP contribution in [0.2, 0.25) is 0 Å². The van der Waals surface area contributed by atoms with Gasteiger partial charge in [0.05, 0.1) is 17.4 Å². The normalized spacial score (nSPS) is 10.9. The summed E-state index contributed by atoms with van der Waals surface area (Å²) in [5.74, 6) is 0. The predicted octanol–water partition coefficient (Wildman–Crippen LogP) is 3.39. The number of nitrogens with zero attached hydrogens (tertiary/aromatic N) is 4. The lowest BCUT2D eigenvalue weighted by atomic mass is 10.2. The third kappa shape index (κ3) is 3.29. The minimum atomic E-state index is -0.0621. The second kappa shape index (κ2) is 6.86. The maximum absolute atomic E-state index is 13.0. The minimum Gasteiger partial charge on any atom is -0.282 e. The van der Waals surface area contributed by atoms with Gasteiger partial charge < -0.3 is 0 Å². The van der Waals surface area contributed by atoms with Crippen LogP contribution in [0.25, 0.3) is 10.9 Å². The van der Waals surface area contributed by atoms with E-state index in [0.717, 1.165) is 5.56 Å². The van der Waals surface area contributed by atoms with Crippen molar-refractivity contribution in [3.8, 4) is 0 Å². The molecule has 0 aliphatic rings. The monoisotopic (exact) mass is 346 g/mol. The Hall–Kier alpha value is -2.99. The van der Waals surface area contributed by atoms with Crippen LogP contribution >= 0.6 is 11.8 Å². The van der Waals surface area contributed by atoms with Crippen LogP contribution in [0.15, 0.2) is 88.2 Å². The molecule has 2 aromatic carbocycles. The first-order valence-electron chi connectivity index (χ1n) is 7.79. The highest BCUT2D eigenvalue weighted by molar-refractivity contribution is 7.99. The summed E-state index contributed by atoms with van der Waals surface area (Å²) < 4.78 is 1.68. The number of benzene rings is 2. The molecule has 0 aliphatic heterocycles. The van der Waals surface area contributed by atoms with Crippen LogP contribution < -0.4 is 5.56 Å². The van der Waals surface area contributed by atoms with Gasteiger partial charge in [-0.1, -0.05) is 42.5 Å². The Morgan fingerprint density at radius 1 is 0.880 bits per heavy atom. The van der Waals surface area contributed by atoms with Crippen molar-refractivity contribution in [2.24, 2.45) is 0 Å². The standard InChI is InChI=1S/C19H14N4OS/c24-17-15-9-4-5-10-16(15)22-19(25-18-20-11-6-12-21-18)23(17)13-14-7-2-1-3-8-14/h1-12H,13H2. The average Bonchev–Trinajstić information content (AvgIpc) is 2.67. The largest absolute Gasteiger partial charge is 0.282 e. The Balaban J connectivity index is 1.86. The summed E-state index contributed by atoms with van der Waals surface area (Å²) in [4.78, 5) is 26.1. The lowest BCUT2D eigenvalue weighted by Gasteiger charge is -2.12. The van der Waals surface area contributed by atoms with Gasteiger partial charge in [0, 0.05) is 12.4 Å². The van der Waals surface area contributed by atoms with Crippen molar-refractivity contribution in [2.45, 2.75) is 16.9 Å². The molecule has 0 atom stereocenters. The number of hydrogen-bond acceptors (Lipinski definition) is 5. The maximum Gasteiger partial charge on any atom is 0.262 e. The third-order valence-electron chi connectivity index (χ3n) is 3.73. The van der Waals surface area contributed by atoms with E-state index in [-0.39, 0.29) is 5.56 Å². The second-order valence-electron chi connectivity index (χ2n) is 5.42. The first-order valence-corrected chi connectivity index (χ1v) is 8.61. The highest BCUT2D eigenvalue weighted by Crippen LogP contribution is 2.23. The SMILES string of the molecule is O=c1c2ccccc2nc(Sc2ncccn2)n1Cc1ccccc1. The summed E-state index contributed by atoms with van der Waals surface area (Å²) in [5.41, 5.74) is 1.65. The van der Waals surface area contributed by atoms with E-state index >= 15 is 0 Å². The summed E-state index contributed by atoms with van der Waals surface area (Å²) in [7, 11) is 0. The molecular formula is C19H14N4OS. The van der Waals surface area contributed by atoms with Crippen molar-refractivity contribution in [2.75, 3.05) is 0 Å². The van der Waals surface area contributed by atoms with Gasteiger partial charge in [-0.25, -0.2) is 15.0 Å². The van der Waals surface area contributed by atoms with Crippen LogP contribution in [0.5, 0.6) is 0 Å². The van der Waals surface area contributed by atoms with Gasteiger partial charge in [0.1, 0.15) is 0 Å². The van der Waals surface area contributed by atoms with Gasteiger partial charge >= 0.3 is 0 Å². The first-order chi connectivity index (χ1) is 12.3. The fourth-order valence-corrected chi connectivity index (χ4v) is 3.34. The molecule has 0 aliphatic carbocycles. The molecule has 122 valence electrons. The molecule has 25 heavy (non-hydrogen) atoms. The van der Waals surface area contributed by atoms with Gasteiger partial charge in [-0.2, -0.15) is 0 Å². The summed E-state index contributed by atoms with van der Waals surface area (Å²) in [6, 6.07) is 19.0. The Labute approximate surface area is 148 Å². The zero-order valence-corrected chi connectivity index (χ0v) is 14.1.